The van der Waals surface area contributed by atoms with Crippen LogP contribution in [0, 0.1) is 0 Å². The van der Waals surface area contributed by atoms with Crippen molar-refractivity contribution in [2.75, 3.05) is 23.3 Å². The molecule has 7 nitrogen and oxygen atoms in total. The Kier molecular flexibility index (Phi) is 4.35. The SMILES string of the molecule is Cn1c(=O)n(CC(=O)Nc2ccc3nc(N4CCCC4)sc3c2)c2ccccc21. The van der Waals surface area contributed by atoms with Gasteiger partial charge in [-0.3, -0.25) is 13.9 Å². The van der Waals surface area contributed by atoms with Crippen LogP contribution in [0.1, 0.15) is 12.8 Å². The van der Waals surface area contributed by atoms with Crippen molar-refractivity contribution in [3.05, 3.63) is 52.9 Å². The van der Waals surface area contributed by atoms with Crippen molar-refractivity contribution in [3.8, 4) is 0 Å². The van der Waals surface area contributed by atoms with Crippen molar-refractivity contribution in [1.29, 1.82) is 0 Å². The summed E-state index contributed by atoms with van der Waals surface area (Å²) in [5.41, 5.74) is 3.02. The number of thiazole rings is 1. The fourth-order valence-corrected chi connectivity index (χ4v) is 4.95. The van der Waals surface area contributed by atoms with Crippen LogP contribution in [0.2, 0.25) is 0 Å². The molecule has 8 heteroatoms. The van der Waals surface area contributed by atoms with Gasteiger partial charge in [-0.1, -0.05) is 23.5 Å². The van der Waals surface area contributed by atoms with Gasteiger partial charge >= 0.3 is 5.69 Å². The Morgan fingerprint density at radius 1 is 1.14 bits per heavy atom. The van der Waals surface area contributed by atoms with E-state index in [1.807, 2.05) is 42.5 Å². The average molecular weight is 407 g/mol. The average Bonchev–Trinajstić information content (AvgIpc) is 3.44. The molecule has 5 rings (SSSR count). The molecule has 0 aliphatic carbocycles. The summed E-state index contributed by atoms with van der Waals surface area (Å²) in [4.78, 5) is 32.2. The topological polar surface area (TPSA) is 72.2 Å². The van der Waals surface area contributed by atoms with Crippen LogP contribution in [0.5, 0.6) is 0 Å². The Balaban J connectivity index is 1.37. The van der Waals surface area contributed by atoms with E-state index < -0.39 is 0 Å². The molecule has 1 aliphatic heterocycles. The number of hydrogen-bond acceptors (Lipinski definition) is 5. The zero-order chi connectivity index (χ0) is 20.0. The lowest BCUT2D eigenvalue weighted by Gasteiger charge is -2.11. The third-order valence-electron chi connectivity index (χ3n) is 5.39. The molecule has 148 valence electrons. The van der Waals surface area contributed by atoms with Crippen molar-refractivity contribution < 1.29 is 4.79 Å². The number of benzene rings is 2. The Morgan fingerprint density at radius 3 is 2.69 bits per heavy atom. The van der Waals surface area contributed by atoms with Gasteiger partial charge < -0.3 is 10.2 Å². The molecule has 0 atom stereocenters. The van der Waals surface area contributed by atoms with Crippen LogP contribution in [0.4, 0.5) is 10.8 Å². The van der Waals surface area contributed by atoms with E-state index in [-0.39, 0.29) is 18.1 Å². The first-order chi connectivity index (χ1) is 14.1. The number of nitrogens with zero attached hydrogens (tertiary/aromatic N) is 4. The van der Waals surface area contributed by atoms with Crippen LogP contribution in [-0.4, -0.2) is 33.1 Å². The molecule has 1 saturated heterocycles. The van der Waals surface area contributed by atoms with Gasteiger partial charge in [-0.25, -0.2) is 9.78 Å². The molecule has 0 spiro atoms. The highest BCUT2D eigenvalue weighted by molar-refractivity contribution is 7.22. The Bertz CT molecular complexity index is 1280. The number of fused-ring (bicyclic) bond motifs is 2. The van der Waals surface area contributed by atoms with E-state index in [9.17, 15) is 9.59 Å². The number of imidazole rings is 1. The lowest BCUT2D eigenvalue weighted by molar-refractivity contribution is -0.116. The fraction of sp³-hybridized carbons (Fsp3) is 0.286. The molecule has 1 amide bonds. The molecule has 0 bridgehead atoms. The van der Waals surface area contributed by atoms with Crippen LogP contribution in [0.15, 0.2) is 47.3 Å². The van der Waals surface area contributed by atoms with Crippen molar-refractivity contribution in [3.63, 3.8) is 0 Å². The first-order valence-electron chi connectivity index (χ1n) is 9.70. The predicted molar refractivity (Wildman–Crippen MR) is 117 cm³/mol. The van der Waals surface area contributed by atoms with E-state index in [2.05, 4.69) is 10.2 Å². The molecule has 29 heavy (non-hydrogen) atoms. The number of aryl methyl sites for hydroxylation is 1. The first-order valence-corrected chi connectivity index (χ1v) is 10.5. The summed E-state index contributed by atoms with van der Waals surface area (Å²) in [6.07, 6.45) is 2.43. The molecule has 1 fully saturated rings. The molecule has 2 aromatic heterocycles. The van der Waals surface area contributed by atoms with Gasteiger partial charge in [0.2, 0.25) is 5.91 Å². The number of para-hydroxylation sites is 2. The van der Waals surface area contributed by atoms with E-state index in [0.29, 0.717) is 5.69 Å². The standard InChI is InChI=1S/C21H21N5O2S/c1-24-16-6-2-3-7-17(16)26(21(24)28)13-19(27)22-14-8-9-15-18(12-14)29-20(23-15)25-10-4-5-11-25/h2-3,6-9,12H,4-5,10-11,13H2,1H3,(H,22,27). The number of rotatable bonds is 4. The normalized spacial score (nSPS) is 14.2. The molecule has 4 aromatic rings. The zero-order valence-corrected chi connectivity index (χ0v) is 16.9. The molecular weight excluding hydrogens is 386 g/mol. The summed E-state index contributed by atoms with van der Waals surface area (Å²) in [7, 11) is 1.72. The molecule has 0 unspecified atom stereocenters. The molecule has 1 aliphatic rings. The zero-order valence-electron chi connectivity index (χ0n) is 16.1. The minimum absolute atomic E-state index is 0.0278. The number of nitrogens with one attached hydrogen (secondary N) is 1. The third-order valence-corrected chi connectivity index (χ3v) is 6.47. The highest BCUT2D eigenvalue weighted by Gasteiger charge is 2.17. The number of aromatic nitrogens is 3. The Morgan fingerprint density at radius 2 is 1.90 bits per heavy atom. The van der Waals surface area contributed by atoms with Crippen LogP contribution in [-0.2, 0) is 18.4 Å². The summed E-state index contributed by atoms with van der Waals surface area (Å²) < 4.78 is 4.11. The van der Waals surface area contributed by atoms with Crippen LogP contribution < -0.4 is 15.9 Å². The van der Waals surface area contributed by atoms with E-state index in [4.69, 9.17) is 4.98 Å². The van der Waals surface area contributed by atoms with Crippen molar-refractivity contribution in [2.45, 2.75) is 19.4 Å². The number of carbonyl (C=O) groups is 1. The lowest BCUT2D eigenvalue weighted by Crippen LogP contribution is -2.28. The quantitative estimate of drug-likeness (QED) is 0.564. The van der Waals surface area contributed by atoms with Gasteiger partial charge in [0.15, 0.2) is 5.13 Å². The highest BCUT2D eigenvalue weighted by Crippen LogP contribution is 2.32. The first kappa shape index (κ1) is 17.9. The lowest BCUT2D eigenvalue weighted by atomic mass is 10.3. The molecule has 0 saturated carbocycles. The second-order valence-electron chi connectivity index (χ2n) is 7.34. The summed E-state index contributed by atoms with van der Waals surface area (Å²) in [5.74, 6) is -0.230. The van der Waals surface area contributed by atoms with Crippen LogP contribution in [0.25, 0.3) is 21.3 Å². The third kappa shape index (κ3) is 3.19. The number of carbonyl (C=O) groups excluding carboxylic acids is 1. The second kappa shape index (κ2) is 7.04. The van der Waals surface area contributed by atoms with Gasteiger partial charge in [-0.05, 0) is 43.2 Å². The largest absolute Gasteiger partial charge is 0.348 e. The Hall–Kier alpha value is -3.13. The summed E-state index contributed by atoms with van der Waals surface area (Å²) in [6, 6.07) is 13.2. The smallest absolute Gasteiger partial charge is 0.329 e. The molecule has 0 radical (unpaired) electrons. The van der Waals surface area contributed by atoms with Gasteiger partial charge in [0.1, 0.15) is 6.54 Å². The number of amides is 1. The van der Waals surface area contributed by atoms with Gasteiger partial charge in [-0.15, -0.1) is 0 Å². The van der Waals surface area contributed by atoms with Gasteiger partial charge in [0.05, 0.1) is 21.3 Å². The monoisotopic (exact) mass is 407 g/mol. The maximum absolute atomic E-state index is 12.6. The Labute approximate surface area is 171 Å². The minimum Gasteiger partial charge on any atom is -0.348 e. The van der Waals surface area contributed by atoms with E-state index >= 15 is 0 Å². The number of hydrogen-bond donors (Lipinski definition) is 1. The molecular formula is C21H21N5O2S. The van der Waals surface area contributed by atoms with Crippen LogP contribution in [0.3, 0.4) is 0 Å². The predicted octanol–water partition coefficient (Wildman–Crippen LogP) is 3.19. The maximum atomic E-state index is 12.6. The van der Waals surface area contributed by atoms with Gasteiger partial charge in [0.25, 0.3) is 0 Å². The summed E-state index contributed by atoms with van der Waals surface area (Å²) in [6.45, 7) is 2.09. The van der Waals surface area contributed by atoms with Gasteiger partial charge in [0, 0.05) is 25.8 Å². The number of anilines is 2. The molecule has 2 aromatic carbocycles. The van der Waals surface area contributed by atoms with E-state index in [1.165, 1.54) is 17.4 Å². The van der Waals surface area contributed by atoms with Crippen molar-refractivity contribution in [2.24, 2.45) is 7.05 Å². The summed E-state index contributed by atoms with van der Waals surface area (Å²) >= 11 is 1.65. The maximum Gasteiger partial charge on any atom is 0.329 e. The van der Waals surface area contributed by atoms with E-state index in [0.717, 1.165) is 39.5 Å². The summed E-state index contributed by atoms with van der Waals surface area (Å²) in [5, 5.41) is 3.96. The second-order valence-corrected chi connectivity index (χ2v) is 8.35. The minimum atomic E-state index is -0.230. The van der Waals surface area contributed by atoms with Gasteiger partial charge in [-0.2, -0.15) is 0 Å². The van der Waals surface area contributed by atoms with Crippen molar-refractivity contribution >= 4 is 49.3 Å². The van der Waals surface area contributed by atoms with Crippen LogP contribution >= 0.6 is 11.3 Å². The molecule has 1 N–H and O–H groups in total. The fourth-order valence-electron chi connectivity index (χ4n) is 3.89. The van der Waals surface area contributed by atoms with E-state index in [1.54, 1.807) is 23.0 Å². The molecule has 3 heterocycles. The highest BCUT2D eigenvalue weighted by atomic mass is 32.1. The van der Waals surface area contributed by atoms with Crippen molar-refractivity contribution in [1.82, 2.24) is 14.1 Å².